The normalized spacial score (nSPS) is 12.2. The fourth-order valence-corrected chi connectivity index (χ4v) is 1.09. The topological polar surface area (TPSA) is 79.8 Å². The van der Waals surface area contributed by atoms with Gasteiger partial charge in [0.25, 0.3) is 0 Å². The number of carbonyl (C=O) groups excluding carboxylic acids is 1. The third-order valence-corrected chi connectivity index (χ3v) is 2.57. The quantitative estimate of drug-likeness (QED) is 0.792. The van der Waals surface area contributed by atoms with Gasteiger partial charge in [0.2, 0.25) is 11.9 Å². The Morgan fingerprint density at radius 1 is 1.29 bits per heavy atom. The third kappa shape index (κ3) is 4.44. The number of aromatic nitrogens is 3. The van der Waals surface area contributed by atoms with Crippen molar-refractivity contribution in [3.05, 3.63) is 11.4 Å². The Morgan fingerprint density at radius 3 is 2.59 bits per heavy atom. The van der Waals surface area contributed by atoms with Crippen LogP contribution in [0.25, 0.3) is 0 Å². The van der Waals surface area contributed by atoms with Crippen LogP contribution in [-0.2, 0) is 4.79 Å². The van der Waals surface area contributed by atoms with Crippen LogP contribution >= 0.6 is 0 Å². The molecule has 0 spiro atoms. The molecule has 94 valence electrons. The van der Waals surface area contributed by atoms with Crippen LogP contribution in [0.15, 0.2) is 0 Å². The number of nitrogens with zero attached hydrogens (tertiary/aromatic N) is 3. The average Bonchev–Trinajstić information content (AvgIpc) is 2.31. The zero-order chi connectivity index (χ0) is 12.8. The van der Waals surface area contributed by atoms with Crippen molar-refractivity contribution >= 4 is 11.9 Å². The number of nitrogens with one attached hydrogen (secondary N) is 2. The SMILES string of the molecule is CCC(C)NCC(=O)Nc1nnc(C)c(C)n1. The van der Waals surface area contributed by atoms with Crippen molar-refractivity contribution in [2.75, 3.05) is 11.9 Å². The van der Waals surface area contributed by atoms with E-state index in [9.17, 15) is 4.79 Å². The van der Waals surface area contributed by atoms with Gasteiger partial charge in [-0.3, -0.25) is 10.1 Å². The molecule has 1 aromatic rings. The Balaban J connectivity index is 2.48. The van der Waals surface area contributed by atoms with Crippen LogP contribution in [0.2, 0.25) is 0 Å². The van der Waals surface area contributed by atoms with Crippen molar-refractivity contribution < 1.29 is 4.79 Å². The summed E-state index contributed by atoms with van der Waals surface area (Å²) in [5, 5.41) is 13.4. The molecule has 0 saturated carbocycles. The predicted octanol–water partition coefficient (Wildman–Crippen LogP) is 0.815. The lowest BCUT2D eigenvalue weighted by Gasteiger charge is -2.10. The monoisotopic (exact) mass is 237 g/mol. The summed E-state index contributed by atoms with van der Waals surface area (Å²) in [7, 11) is 0. The lowest BCUT2D eigenvalue weighted by atomic mass is 10.2. The van der Waals surface area contributed by atoms with E-state index in [1.165, 1.54) is 0 Å². The molecule has 0 fully saturated rings. The highest BCUT2D eigenvalue weighted by Crippen LogP contribution is 2.01. The first-order valence-electron chi connectivity index (χ1n) is 5.74. The Labute approximate surface area is 101 Å². The average molecular weight is 237 g/mol. The summed E-state index contributed by atoms with van der Waals surface area (Å²) < 4.78 is 0. The molecule has 0 aliphatic carbocycles. The van der Waals surface area contributed by atoms with Gasteiger partial charge in [0.05, 0.1) is 17.9 Å². The predicted molar refractivity (Wildman–Crippen MR) is 65.7 cm³/mol. The molecule has 0 aromatic carbocycles. The maximum Gasteiger partial charge on any atom is 0.249 e. The van der Waals surface area contributed by atoms with E-state index in [-0.39, 0.29) is 18.4 Å². The lowest BCUT2D eigenvalue weighted by Crippen LogP contribution is -2.34. The lowest BCUT2D eigenvalue weighted by molar-refractivity contribution is -0.115. The molecule has 0 aliphatic rings. The second kappa shape index (κ2) is 6.24. The van der Waals surface area contributed by atoms with Crippen molar-refractivity contribution in [1.82, 2.24) is 20.5 Å². The maximum absolute atomic E-state index is 11.5. The minimum absolute atomic E-state index is 0.157. The van der Waals surface area contributed by atoms with Crippen LogP contribution in [0.5, 0.6) is 0 Å². The van der Waals surface area contributed by atoms with E-state index in [1.807, 2.05) is 20.8 Å². The molecule has 1 unspecified atom stereocenters. The number of amides is 1. The van der Waals surface area contributed by atoms with Gasteiger partial charge < -0.3 is 5.32 Å². The summed E-state index contributed by atoms with van der Waals surface area (Å²) in [5.41, 5.74) is 1.53. The van der Waals surface area contributed by atoms with E-state index in [4.69, 9.17) is 0 Å². The summed E-state index contributed by atoms with van der Waals surface area (Å²) in [4.78, 5) is 15.7. The molecule has 0 saturated heterocycles. The summed E-state index contributed by atoms with van der Waals surface area (Å²) >= 11 is 0. The molecular weight excluding hydrogens is 218 g/mol. The molecule has 17 heavy (non-hydrogen) atoms. The van der Waals surface area contributed by atoms with Crippen LogP contribution in [0, 0.1) is 13.8 Å². The maximum atomic E-state index is 11.5. The highest BCUT2D eigenvalue weighted by molar-refractivity contribution is 5.90. The van der Waals surface area contributed by atoms with Crippen LogP contribution in [-0.4, -0.2) is 33.7 Å². The number of carbonyl (C=O) groups is 1. The van der Waals surface area contributed by atoms with Gasteiger partial charge in [-0.2, -0.15) is 5.10 Å². The molecule has 6 nitrogen and oxygen atoms in total. The Kier molecular flexibility index (Phi) is 4.96. The first-order valence-corrected chi connectivity index (χ1v) is 5.74. The number of hydrogen-bond donors (Lipinski definition) is 2. The summed E-state index contributed by atoms with van der Waals surface area (Å²) in [6.07, 6.45) is 0.981. The standard InChI is InChI=1S/C11H19N5O/c1-5-7(2)12-6-10(17)14-11-13-8(3)9(4)15-16-11/h7,12H,5-6H2,1-4H3,(H,13,14,16,17). The first-order chi connectivity index (χ1) is 8.02. The smallest absolute Gasteiger partial charge is 0.249 e. The fraction of sp³-hybridized carbons (Fsp3) is 0.636. The third-order valence-electron chi connectivity index (χ3n) is 2.57. The Bertz CT molecular complexity index is 393. The van der Waals surface area contributed by atoms with E-state index in [2.05, 4.69) is 32.7 Å². The highest BCUT2D eigenvalue weighted by atomic mass is 16.2. The van der Waals surface area contributed by atoms with Gasteiger partial charge in [-0.15, -0.1) is 5.10 Å². The van der Waals surface area contributed by atoms with Gasteiger partial charge in [0.15, 0.2) is 0 Å². The minimum Gasteiger partial charge on any atom is -0.306 e. The van der Waals surface area contributed by atoms with Crippen LogP contribution in [0.3, 0.4) is 0 Å². The van der Waals surface area contributed by atoms with E-state index < -0.39 is 0 Å². The summed E-state index contributed by atoms with van der Waals surface area (Å²) in [6, 6.07) is 0.319. The van der Waals surface area contributed by atoms with Crippen molar-refractivity contribution in [2.45, 2.75) is 40.2 Å². The highest BCUT2D eigenvalue weighted by Gasteiger charge is 2.07. The van der Waals surface area contributed by atoms with Crippen LogP contribution in [0.4, 0.5) is 5.95 Å². The molecular formula is C11H19N5O. The number of aryl methyl sites for hydroxylation is 2. The zero-order valence-electron chi connectivity index (χ0n) is 10.7. The largest absolute Gasteiger partial charge is 0.306 e. The van der Waals surface area contributed by atoms with Crippen molar-refractivity contribution in [1.29, 1.82) is 0 Å². The van der Waals surface area contributed by atoms with Gasteiger partial charge in [-0.05, 0) is 27.2 Å². The number of anilines is 1. The van der Waals surface area contributed by atoms with E-state index >= 15 is 0 Å². The molecule has 0 aliphatic heterocycles. The zero-order valence-corrected chi connectivity index (χ0v) is 10.7. The second-order valence-corrected chi connectivity index (χ2v) is 4.04. The second-order valence-electron chi connectivity index (χ2n) is 4.04. The van der Waals surface area contributed by atoms with Gasteiger partial charge in [-0.25, -0.2) is 4.98 Å². The fourth-order valence-electron chi connectivity index (χ4n) is 1.09. The first kappa shape index (κ1) is 13.5. The molecule has 1 atom stereocenters. The number of rotatable bonds is 5. The molecule has 6 heteroatoms. The van der Waals surface area contributed by atoms with E-state index in [0.29, 0.717) is 6.04 Å². The number of hydrogen-bond acceptors (Lipinski definition) is 5. The molecule has 1 heterocycles. The molecule has 1 amide bonds. The van der Waals surface area contributed by atoms with Gasteiger partial charge in [0.1, 0.15) is 0 Å². The molecule has 2 N–H and O–H groups in total. The Morgan fingerprint density at radius 2 is 2.00 bits per heavy atom. The van der Waals surface area contributed by atoms with Crippen molar-refractivity contribution in [2.24, 2.45) is 0 Å². The summed E-state index contributed by atoms with van der Waals surface area (Å²) in [6.45, 7) is 8.00. The van der Waals surface area contributed by atoms with Gasteiger partial charge in [-0.1, -0.05) is 6.92 Å². The summed E-state index contributed by atoms with van der Waals surface area (Å²) in [5.74, 6) is 0.0967. The van der Waals surface area contributed by atoms with Gasteiger partial charge in [0, 0.05) is 6.04 Å². The Hall–Kier alpha value is -1.56. The molecule has 0 radical (unpaired) electrons. The minimum atomic E-state index is -0.157. The van der Waals surface area contributed by atoms with E-state index in [0.717, 1.165) is 17.8 Å². The van der Waals surface area contributed by atoms with Crippen LogP contribution < -0.4 is 10.6 Å². The van der Waals surface area contributed by atoms with Crippen molar-refractivity contribution in [3.63, 3.8) is 0 Å². The molecule has 0 bridgehead atoms. The molecule has 1 rings (SSSR count). The van der Waals surface area contributed by atoms with Crippen molar-refractivity contribution in [3.8, 4) is 0 Å². The van der Waals surface area contributed by atoms with Crippen LogP contribution in [0.1, 0.15) is 31.7 Å². The molecule has 1 aromatic heterocycles. The van der Waals surface area contributed by atoms with Gasteiger partial charge >= 0.3 is 0 Å². The van der Waals surface area contributed by atoms with E-state index in [1.54, 1.807) is 0 Å².